The van der Waals surface area contributed by atoms with E-state index in [-0.39, 0.29) is 11.9 Å². The number of hydrogen-bond acceptors (Lipinski definition) is 3. The number of carbonyl (C=O) groups excluding carboxylic acids is 2. The zero-order valence-electron chi connectivity index (χ0n) is 14.1. The molecule has 2 aromatic rings. The summed E-state index contributed by atoms with van der Waals surface area (Å²) in [7, 11) is 0. The molecule has 0 N–H and O–H groups in total. The lowest BCUT2D eigenvalue weighted by Gasteiger charge is -2.39. The smallest absolute Gasteiger partial charge is 0.259 e. The van der Waals surface area contributed by atoms with Gasteiger partial charge in [-0.15, -0.1) is 0 Å². The van der Waals surface area contributed by atoms with Crippen LogP contribution in [0.4, 0.5) is 11.4 Å². The molecule has 1 atom stereocenters. The summed E-state index contributed by atoms with van der Waals surface area (Å²) in [6.45, 7) is 6.53. The fourth-order valence-corrected chi connectivity index (χ4v) is 2.98. The SMILES string of the molecule is CC(C)c1ccc(C(=O)N2C[C@H](C)N(C=O)c3ccccc32)cn1. The van der Waals surface area contributed by atoms with Crippen molar-refractivity contribution in [3.63, 3.8) is 0 Å². The number of para-hydroxylation sites is 2. The van der Waals surface area contributed by atoms with E-state index in [4.69, 9.17) is 0 Å². The molecule has 1 aliphatic rings. The predicted molar refractivity (Wildman–Crippen MR) is 94.4 cm³/mol. The van der Waals surface area contributed by atoms with Crippen molar-refractivity contribution in [1.29, 1.82) is 0 Å². The molecule has 5 heteroatoms. The highest BCUT2D eigenvalue weighted by atomic mass is 16.2. The summed E-state index contributed by atoms with van der Waals surface area (Å²) in [5.74, 6) is 0.230. The molecule has 24 heavy (non-hydrogen) atoms. The number of amides is 2. The van der Waals surface area contributed by atoms with E-state index in [1.54, 1.807) is 16.0 Å². The summed E-state index contributed by atoms with van der Waals surface area (Å²) in [4.78, 5) is 32.1. The highest BCUT2D eigenvalue weighted by Gasteiger charge is 2.31. The number of aromatic nitrogens is 1. The molecule has 2 heterocycles. The van der Waals surface area contributed by atoms with Crippen molar-refractivity contribution in [2.75, 3.05) is 16.3 Å². The standard InChI is InChI=1S/C19H21N3O2/c1-13(2)16-9-8-15(10-20-16)19(24)21-11-14(3)22(12-23)18-7-5-4-6-17(18)21/h4-10,12-14H,11H2,1-3H3/t14-/m0/s1. The van der Waals surface area contributed by atoms with Gasteiger partial charge in [-0.1, -0.05) is 26.0 Å². The van der Waals surface area contributed by atoms with Gasteiger partial charge in [0.1, 0.15) is 0 Å². The van der Waals surface area contributed by atoms with Gasteiger partial charge in [-0.25, -0.2) is 0 Å². The Hall–Kier alpha value is -2.69. The fourth-order valence-electron chi connectivity index (χ4n) is 2.98. The van der Waals surface area contributed by atoms with Gasteiger partial charge in [0.15, 0.2) is 0 Å². The minimum absolute atomic E-state index is 0.0794. The quantitative estimate of drug-likeness (QED) is 0.815. The minimum Gasteiger partial charge on any atom is -0.308 e. The molecule has 5 nitrogen and oxygen atoms in total. The van der Waals surface area contributed by atoms with Crippen molar-refractivity contribution in [1.82, 2.24) is 4.98 Å². The summed E-state index contributed by atoms with van der Waals surface area (Å²) in [5, 5.41) is 0. The second-order valence-corrected chi connectivity index (χ2v) is 6.39. The molecule has 0 saturated carbocycles. The van der Waals surface area contributed by atoms with E-state index < -0.39 is 0 Å². The molecule has 1 aromatic heterocycles. The van der Waals surface area contributed by atoms with Gasteiger partial charge in [0.05, 0.1) is 23.0 Å². The van der Waals surface area contributed by atoms with Crippen LogP contribution < -0.4 is 9.80 Å². The van der Waals surface area contributed by atoms with Gasteiger partial charge < -0.3 is 9.80 Å². The van der Waals surface area contributed by atoms with Crippen LogP contribution in [0.2, 0.25) is 0 Å². The third-order valence-electron chi connectivity index (χ3n) is 4.36. The van der Waals surface area contributed by atoms with E-state index in [0.717, 1.165) is 23.5 Å². The van der Waals surface area contributed by atoms with E-state index in [1.165, 1.54) is 0 Å². The van der Waals surface area contributed by atoms with E-state index in [2.05, 4.69) is 18.8 Å². The Balaban J connectivity index is 1.96. The summed E-state index contributed by atoms with van der Waals surface area (Å²) in [6.07, 6.45) is 2.46. The van der Waals surface area contributed by atoms with Crippen molar-refractivity contribution < 1.29 is 9.59 Å². The number of pyridine rings is 1. The Labute approximate surface area is 141 Å². The fraction of sp³-hybridized carbons (Fsp3) is 0.316. The van der Waals surface area contributed by atoms with Crippen LogP contribution >= 0.6 is 0 Å². The van der Waals surface area contributed by atoms with Crippen molar-refractivity contribution in [2.45, 2.75) is 32.7 Å². The Morgan fingerprint density at radius 1 is 1.21 bits per heavy atom. The van der Waals surface area contributed by atoms with Crippen LogP contribution in [0.5, 0.6) is 0 Å². The van der Waals surface area contributed by atoms with Crippen molar-refractivity contribution in [3.05, 3.63) is 53.9 Å². The number of anilines is 2. The summed E-state index contributed by atoms with van der Waals surface area (Å²) in [6, 6.07) is 11.1. The summed E-state index contributed by atoms with van der Waals surface area (Å²) in [5.41, 5.74) is 3.03. The highest BCUT2D eigenvalue weighted by molar-refractivity contribution is 6.09. The van der Waals surface area contributed by atoms with Crippen LogP contribution in [-0.4, -0.2) is 29.9 Å². The topological polar surface area (TPSA) is 53.5 Å². The van der Waals surface area contributed by atoms with E-state index in [0.29, 0.717) is 18.0 Å². The third-order valence-corrected chi connectivity index (χ3v) is 4.36. The molecule has 0 bridgehead atoms. The van der Waals surface area contributed by atoms with Gasteiger partial charge in [0.2, 0.25) is 6.41 Å². The molecule has 0 radical (unpaired) electrons. The number of rotatable bonds is 3. The molecular weight excluding hydrogens is 302 g/mol. The molecule has 1 aliphatic heterocycles. The van der Waals surface area contributed by atoms with Crippen molar-refractivity contribution in [3.8, 4) is 0 Å². The van der Waals surface area contributed by atoms with Crippen LogP contribution in [-0.2, 0) is 4.79 Å². The average Bonchev–Trinajstić information content (AvgIpc) is 2.60. The molecule has 3 rings (SSSR count). The first-order chi connectivity index (χ1) is 11.5. The minimum atomic E-state index is -0.0948. The largest absolute Gasteiger partial charge is 0.308 e. The molecule has 0 saturated heterocycles. The molecule has 124 valence electrons. The Morgan fingerprint density at radius 2 is 1.92 bits per heavy atom. The van der Waals surface area contributed by atoms with Crippen molar-refractivity contribution >= 4 is 23.7 Å². The zero-order chi connectivity index (χ0) is 17.3. The van der Waals surface area contributed by atoms with Crippen LogP contribution in [0, 0.1) is 0 Å². The zero-order valence-corrected chi connectivity index (χ0v) is 14.1. The first-order valence-electron chi connectivity index (χ1n) is 8.13. The highest BCUT2D eigenvalue weighted by Crippen LogP contribution is 2.35. The van der Waals surface area contributed by atoms with Gasteiger partial charge in [-0.2, -0.15) is 0 Å². The van der Waals surface area contributed by atoms with E-state index in [9.17, 15) is 9.59 Å². The third kappa shape index (κ3) is 2.77. The normalized spacial score (nSPS) is 16.9. The van der Waals surface area contributed by atoms with Crippen LogP contribution in [0.15, 0.2) is 42.6 Å². The number of nitrogens with zero attached hydrogens (tertiary/aromatic N) is 3. The van der Waals surface area contributed by atoms with E-state index in [1.807, 2.05) is 43.3 Å². The maximum absolute atomic E-state index is 13.0. The van der Waals surface area contributed by atoms with Gasteiger partial charge >= 0.3 is 0 Å². The van der Waals surface area contributed by atoms with Crippen LogP contribution in [0.1, 0.15) is 42.7 Å². The molecule has 0 spiro atoms. The van der Waals surface area contributed by atoms with Crippen molar-refractivity contribution in [2.24, 2.45) is 0 Å². The van der Waals surface area contributed by atoms with Gasteiger partial charge in [0, 0.05) is 18.4 Å². The Bertz CT molecular complexity index is 755. The Morgan fingerprint density at radius 3 is 2.50 bits per heavy atom. The predicted octanol–water partition coefficient (Wildman–Crippen LogP) is 3.22. The van der Waals surface area contributed by atoms with Crippen LogP contribution in [0.3, 0.4) is 0 Å². The monoisotopic (exact) mass is 323 g/mol. The average molecular weight is 323 g/mol. The van der Waals surface area contributed by atoms with Crippen LogP contribution in [0.25, 0.3) is 0 Å². The van der Waals surface area contributed by atoms with Gasteiger partial charge in [-0.3, -0.25) is 14.6 Å². The molecular formula is C19H21N3O2. The Kier molecular flexibility index (Phi) is 4.34. The van der Waals surface area contributed by atoms with E-state index >= 15 is 0 Å². The summed E-state index contributed by atoms with van der Waals surface area (Å²) >= 11 is 0. The van der Waals surface area contributed by atoms with Gasteiger partial charge in [0.25, 0.3) is 5.91 Å². The molecule has 1 aromatic carbocycles. The van der Waals surface area contributed by atoms with Gasteiger partial charge in [-0.05, 0) is 37.1 Å². The second kappa shape index (κ2) is 6.43. The summed E-state index contributed by atoms with van der Waals surface area (Å²) < 4.78 is 0. The lowest BCUT2D eigenvalue weighted by atomic mass is 10.1. The number of fused-ring (bicyclic) bond motifs is 1. The molecule has 2 amide bonds. The first-order valence-corrected chi connectivity index (χ1v) is 8.13. The second-order valence-electron chi connectivity index (χ2n) is 6.39. The lowest BCUT2D eigenvalue weighted by molar-refractivity contribution is -0.107. The first kappa shape index (κ1) is 16.2. The maximum atomic E-state index is 13.0. The number of carbonyl (C=O) groups is 2. The molecule has 0 aliphatic carbocycles. The number of hydrogen-bond donors (Lipinski definition) is 0. The molecule has 0 fully saturated rings. The maximum Gasteiger partial charge on any atom is 0.259 e. The number of benzene rings is 1. The molecule has 0 unspecified atom stereocenters. The lowest BCUT2D eigenvalue weighted by Crippen LogP contribution is -2.49.